The first-order chi connectivity index (χ1) is 11.0. The van der Waals surface area contributed by atoms with Gasteiger partial charge >= 0.3 is 0 Å². The van der Waals surface area contributed by atoms with E-state index in [-0.39, 0.29) is 11.0 Å². The van der Waals surface area contributed by atoms with Crippen molar-refractivity contribution in [2.24, 2.45) is 0 Å². The Labute approximate surface area is 160 Å². The number of amides is 1. The van der Waals surface area contributed by atoms with Crippen LogP contribution in [0.5, 0.6) is 0 Å². The quantitative estimate of drug-likeness (QED) is 0.419. The van der Waals surface area contributed by atoms with Gasteiger partial charge in [-0.05, 0) is 59.1 Å². The molecule has 1 amide bonds. The predicted molar refractivity (Wildman–Crippen MR) is 107 cm³/mol. The lowest BCUT2D eigenvalue weighted by Crippen LogP contribution is -2.34. The molecule has 4 nitrogen and oxygen atoms in total. The molecule has 0 unspecified atom stereocenters. The first-order valence-corrected chi connectivity index (χ1v) is 9.14. The average Bonchev–Trinajstić information content (AvgIpc) is 2.91. The largest absolute Gasteiger partial charge is 0.308 e. The third kappa shape index (κ3) is 3.79. The Kier molecular flexibility index (Phi) is 5.10. The number of benzene rings is 2. The van der Waals surface area contributed by atoms with Gasteiger partial charge in [-0.25, -0.2) is 4.98 Å². The van der Waals surface area contributed by atoms with Crippen LogP contribution in [0.3, 0.4) is 0 Å². The summed E-state index contributed by atoms with van der Waals surface area (Å²) in [6.07, 6.45) is 0. The van der Waals surface area contributed by atoms with E-state index in [0.717, 1.165) is 8.27 Å². The van der Waals surface area contributed by atoms with E-state index in [4.69, 9.17) is 23.8 Å². The zero-order valence-corrected chi connectivity index (χ0v) is 16.0. The van der Waals surface area contributed by atoms with Crippen molar-refractivity contribution in [3.05, 3.63) is 56.6 Å². The summed E-state index contributed by atoms with van der Waals surface area (Å²) in [5, 5.41) is 6.95. The molecule has 0 aliphatic rings. The molecular formula is C15H9ClIN3OS2. The molecular weight excluding hydrogens is 465 g/mol. The van der Waals surface area contributed by atoms with E-state index in [0.29, 0.717) is 21.2 Å². The molecule has 23 heavy (non-hydrogen) atoms. The van der Waals surface area contributed by atoms with E-state index in [2.05, 4.69) is 38.2 Å². The zero-order chi connectivity index (χ0) is 16.4. The van der Waals surface area contributed by atoms with Crippen LogP contribution in [0.15, 0.2) is 42.5 Å². The summed E-state index contributed by atoms with van der Waals surface area (Å²) in [4.78, 5) is 16.6. The molecule has 0 radical (unpaired) electrons. The second-order valence-electron chi connectivity index (χ2n) is 4.49. The van der Waals surface area contributed by atoms with Gasteiger partial charge in [0.1, 0.15) is 5.52 Å². The molecule has 0 saturated carbocycles. The SMILES string of the molecule is O=C(NC(=S)Nc1nc2c(Cl)cccc2s1)c1ccccc1I. The highest BCUT2D eigenvalue weighted by Crippen LogP contribution is 2.30. The minimum absolute atomic E-state index is 0.199. The van der Waals surface area contributed by atoms with E-state index < -0.39 is 0 Å². The van der Waals surface area contributed by atoms with Gasteiger partial charge < -0.3 is 5.32 Å². The number of thiazole rings is 1. The summed E-state index contributed by atoms with van der Waals surface area (Å²) in [6, 6.07) is 12.9. The molecule has 0 bridgehead atoms. The molecule has 2 aromatic carbocycles. The fraction of sp³-hybridized carbons (Fsp3) is 0. The van der Waals surface area contributed by atoms with Crippen molar-refractivity contribution in [1.29, 1.82) is 0 Å². The van der Waals surface area contributed by atoms with Gasteiger partial charge in [0.05, 0.1) is 15.3 Å². The van der Waals surface area contributed by atoms with Gasteiger partial charge in [-0.15, -0.1) is 0 Å². The van der Waals surface area contributed by atoms with E-state index in [9.17, 15) is 4.79 Å². The second-order valence-corrected chi connectivity index (χ2v) is 7.50. The van der Waals surface area contributed by atoms with Crippen LogP contribution in [-0.4, -0.2) is 16.0 Å². The monoisotopic (exact) mass is 473 g/mol. The Bertz CT molecular complexity index is 913. The molecule has 0 saturated heterocycles. The lowest BCUT2D eigenvalue weighted by atomic mass is 10.2. The smallest absolute Gasteiger partial charge is 0.258 e. The Morgan fingerprint density at radius 1 is 1.22 bits per heavy atom. The van der Waals surface area contributed by atoms with E-state index in [1.165, 1.54) is 11.3 Å². The third-order valence-corrected chi connectivity index (χ3v) is 5.32. The first-order valence-electron chi connectivity index (χ1n) is 6.46. The molecule has 0 fully saturated rings. The van der Waals surface area contributed by atoms with Crippen molar-refractivity contribution in [2.45, 2.75) is 0 Å². The fourth-order valence-corrected chi connectivity index (χ4v) is 3.97. The molecule has 0 aliphatic carbocycles. The lowest BCUT2D eigenvalue weighted by Gasteiger charge is -2.08. The third-order valence-electron chi connectivity index (χ3n) is 2.94. The molecule has 3 aromatic rings. The molecule has 1 aromatic heterocycles. The average molecular weight is 474 g/mol. The summed E-state index contributed by atoms with van der Waals surface area (Å²) in [5.41, 5.74) is 1.29. The molecule has 1 heterocycles. The molecule has 0 atom stereocenters. The summed E-state index contributed by atoms with van der Waals surface area (Å²) in [5.74, 6) is -0.258. The number of fused-ring (bicyclic) bond motifs is 1. The van der Waals surface area contributed by atoms with E-state index in [1.54, 1.807) is 12.1 Å². The van der Waals surface area contributed by atoms with Crippen LogP contribution in [-0.2, 0) is 0 Å². The number of nitrogens with one attached hydrogen (secondary N) is 2. The molecule has 8 heteroatoms. The van der Waals surface area contributed by atoms with Crippen molar-refractivity contribution in [1.82, 2.24) is 10.3 Å². The number of thiocarbonyl (C=S) groups is 1. The van der Waals surface area contributed by atoms with Crippen molar-refractivity contribution < 1.29 is 4.79 Å². The van der Waals surface area contributed by atoms with Gasteiger partial charge in [-0.3, -0.25) is 10.1 Å². The van der Waals surface area contributed by atoms with Crippen LogP contribution in [0.1, 0.15) is 10.4 Å². The highest BCUT2D eigenvalue weighted by atomic mass is 127. The van der Waals surface area contributed by atoms with Gasteiger partial charge in [0, 0.05) is 3.57 Å². The Hall–Kier alpha value is -1.29. The Balaban J connectivity index is 1.72. The van der Waals surface area contributed by atoms with Crippen molar-refractivity contribution in [3.63, 3.8) is 0 Å². The number of hydrogen-bond donors (Lipinski definition) is 2. The highest BCUT2D eigenvalue weighted by molar-refractivity contribution is 14.1. The number of hydrogen-bond acceptors (Lipinski definition) is 4. The summed E-state index contributed by atoms with van der Waals surface area (Å²) in [6.45, 7) is 0. The van der Waals surface area contributed by atoms with Crippen LogP contribution in [0.4, 0.5) is 5.13 Å². The normalized spacial score (nSPS) is 10.5. The van der Waals surface area contributed by atoms with Gasteiger partial charge in [-0.1, -0.05) is 41.1 Å². The standard InChI is InChI=1S/C15H9ClIN3OS2/c16-9-5-3-7-11-12(9)18-15(23-11)20-14(22)19-13(21)8-4-1-2-6-10(8)17/h1-7H,(H2,18,19,20,21,22). The maximum Gasteiger partial charge on any atom is 0.258 e. The van der Waals surface area contributed by atoms with Gasteiger partial charge in [0.15, 0.2) is 10.2 Å². The number of para-hydroxylation sites is 1. The molecule has 3 rings (SSSR count). The van der Waals surface area contributed by atoms with E-state index in [1.807, 2.05) is 30.3 Å². The number of anilines is 1. The fourth-order valence-electron chi connectivity index (χ4n) is 1.91. The minimum atomic E-state index is -0.258. The number of halogens is 2. The van der Waals surface area contributed by atoms with Crippen LogP contribution in [0, 0.1) is 3.57 Å². The molecule has 116 valence electrons. The summed E-state index contributed by atoms with van der Waals surface area (Å²) < 4.78 is 1.81. The number of carbonyl (C=O) groups is 1. The van der Waals surface area contributed by atoms with Crippen LogP contribution in [0.2, 0.25) is 5.02 Å². The van der Waals surface area contributed by atoms with Gasteiger partial charge in [-0.2, -0.15) is 0 Å². The first kappa shape index (κ1) is 16.6. The topological polar surface area (TPSA) is 54.0 Å². The van der Waals surface area contributed by atoms with Crippen LogP contribution in [0.25, 0.3) is 10.2 Å². The second kappa shape index (κ2) is 7.08. The molecule has 0 spiro atoms. The van der Waals surface area contributed by atoms with Crippen molar-refractivity contribution in [2.75, 3.05) is 5.32 Å². The van der Waals surface area contributed by atoms with E-state index >= 15 is 0 Å². The highest BCUT2D eigenvalue weighted by Gasteiger charge is 2.12. The summed E-state index contributed by atoms with van der Waals surface area (Å²) >= 11 is 14.8. The number of carbonyl (C=O) groups excluding carboxylic acids is 1. The van der Waals surface area contributed by atoms with Gasteiger partial charge in [0.25, 0.3) is 5.91 Å². The molecule has 0 aliphatic heterocycles. The van der Waals surface area contributed by atoms with Gasteiger partial charge in [0.2, 0.25) is 0 Å². The van der Waals surface area contributed by atoms with Crippen molar-refractivity contribution in [3.8, 4) is 0 Å². The number of rotatable bonds is 2. The number of aromatic nitrogens is 1. The Morgan fingerprint density at radius 3 is 2.74 bits per heavy atom. The Morgan fingerprint density at radius 2 is 2.00 bits per heavy atom. The lowest BCUT2D eigenvalue weighted by molar-refractivity contribution is 0.0977. The predicted octanol–water partition coefficient (Wildman–Crippen LogP) is 4.68. The zero-order valence-electron chi connectivity index (χ0n) is 11.5. The minimum Gasteiger partial charge on any atom is -0.308 e. The van der Waals surface area contributed by atoms with Crippen LogP contribution < -0.4 is 10.6 Å². The van der Waals surface area contributed by atoms with Crippen molar-refractivity contribution >= 4 is 84.1 Å². The number of nitrogens with zero attached hydrogens (tertiary/aromatic N) is 1. The molecule has 2 N–H and O–H groups in total. The maximum absolute atomic E-state index is 12.2. The van der Waals surface area contributed by atoms with Crippen LogP contribution >= 0.6 is 57.7 Å². The maximum atomic E-state index is 12.2. The summed E-state index contributed by atoms with van der Waals surface area (Å²) in [7, 11) is 0.